The predicted molar refractivity (Wildman–Crippen MR) is 52.4 cm³/mol. The maximum Gasteiger partial charge on any atom is 0.276 e. The van der Waals surface area contributed by atoms with Gasteiger partial charge in [-0.2, -0.15) is 0 Å². The summed E-state index contributed by atoms with van der Waals surface area (Å²) in [5, 5.41) is 0. The Kier molecular flexibility index (Phi) is 2.30. The van der Waals surface area contributed by atoms with Crippen LogP contribution in [0.5, 0.6) is 0 Å². The molecule has 0 aliphatic heterocycles. The monoisotopic (exact) mass is 196 g/mol. The summed E-state index contributed by atoms with van der Waals surface area (Å²) < 4.78 is 27.2. The van der Waals surface area contributed by atoms with Crippen molar-refractivity contribution in [3.05, 3.63) is 35.4 Å². The van der Waals surface area contributed by atoms with E-state index in [-0.39, 0.29) is 5.56 Å². The molecular formula is C12H14F2. The highest BCUT2D eigenvalue weighted by Gasteiger charge is 2.47. The van der Waals surface area contributed by atoms with Crippen molar-refractivity contribution < 1.29 is 8.78 Å². The summed E-state index contributed by atoms with van der Waals surface area (Å²) in [5.41, 5.74) is 1.29. The molecule has 0 spiro atoms. The molecule has 1 aromatic carbocycles. The lowest BCUT2D eigenvalue weighted by Gasteiger charge is -2.15. The van der Waals surface area contributed by atoms with Gasteiger partial charge in [-0.05, 0) is 24.8 Å². The number of hydrogen-bond donors (Lipinski definition) is 0. The van der Waals surface area contributed by atoms with E-state index in [4.69, 9.17) is 0 Å². The van der Waals surface area contributed by atoms with Crippen molar-refractivity contribution in [2.24, 2.45) is 5.92 Å². The van der Waals surface area contributed by atoms with Gasteiger partial charge in [0.25, 0.3) is 5.92 Å². The number of rotatable bonds is 3. The van der Waals surface area contributed by atoms with E-state index in [9.17, 15) is 8.78 Å². The minimum Gasteiger partial charge on any atom is -0.201 e. The first-order valence-electron chi connectivity index (χ1n) is 5.12. The zero-order valence-corrected chi connectivity index (χ0v) is 8.26. The van der Waals surface area contributed by atoms with Gasteiger partial charge in [-0.25, -0.2) is 8.78 Å². The van der Waals surface area contributed by atoms with Gasteiger partial charge in [0, 0.05) is 11.5 Å². The molecule has 0 aromatic heterocycles. The molecule has 1 aliphatic carbocycles. The third kappa shape index (κ3) is 1.66. The molecule has 76 valence electrons. The minimum absolute atomic E-state index is 0.178. The van der Waals surface area contributed by atoms with Crippen LogP contribution in [-0.2, 0) is 12.3 Å². The molecule has 2 heteroatoms. The van der Waals surface area contributed by atoms with Crippen LogP contribution in [-0.4, -0.2) is 0 Å². The Morgan fingerprint density at radius 1 is 1.21 bits per heavy atom. The highest BCUT2D eigenvalue weighted by molar-refractivity contribution is 5.27. The van der Waals surface area contributed by atoms with Crippen LogP contribution >= 0.6 is 0 Å². The molecule has 0 amide bonds. The lowest BCUT2D eigenvalue weighted by molar-refractivity contribution is -0.0285. The summed E-state index contributed by atoms with van der Waals surface area (Å²) in [4.78, 5) is 0. The molecule has 1 fully saturated rings. The average Bonchev–Trinajstić information content (AvgIpc) is 3.01. The van der Waals surface area contributed by atoms with Gasteiger partial charge >= 0.3 is 0 Å². The van der Waals surface area contributed by atoms with Gasteiger partial charge in [-0.15, -0.1) is 0 Å². The third-order valence-corrected chi connectivity index (χ3v) is 2.84. The number of halogens is 2. The van der Waals surface area contributed by atoms with Gasteiger partial charge in [0.2, 0.25) is 0 Å². The molecule has 1 aromatic rings. The van der Waals surface area contributed by atoms with Crippen LogP contribution in [0.1, 0.15) is 30.9 Å². The van der Waals surface area contributed by atoms with Gasteiger partial charge in [0.05, 0.1) is 0 Å². The smallest absolute Gasteiger partial charge is 0.201 e. The Morgan fingerprint density at radius 2 is 1.79 bits per heavy atom. The number of benzene rings is 1. The van der Waals surface area contributed by atoms with Crippen LogP contribution in [0.2, 0.25) is 0 Å². The summed E-state index contributed by atoms with van der Waals surface area (Å²) in [6.07, 6.45) is 2.24. The summed E-state index contributed by atoms with van der Waals surface area (Å²) in [7, 11) is 0. The van der Waals surface area contributed by atoms with Crippen molar-refractivity contribution in [3.8, 4) is 0 Å². The molecule has 0 bridgehead atoms. The Labute approximate surface area is 82.9 Å². The zero-order chi connectivity index (χ0) is 10.2. The van der Waals surface area contributed by atoms with E-state index in [1.54, 1.807) is 24.3 Å². The number of alkyl halides is 2. The van der Waals surface area contributed by atoms with E-state index in [2.05, 4.69) is 0 Å². The Balaban J connectivity index is 2.23. The van der Waals surface area contributed by atoms with Crippen molar-refractivity contribution in [1.82, 2.24) is 0 Å². The van der Waals surface area contributed by atoms with Crippen LogP contribution in [0.25, 0.3) is 0 Å². The van der Waals surface area contributed by atoms with Gasteiger partial charge in [-0.1, -0.05) is 31.2 Å². The summed E-state index contributed by atoms with van der Waals surface area (Å²) >= 11 is 0. The first-order chi connectivity index (χ1) is 6.64. The molecular weight excluding hydrogens is 182 g/mol. The highest BCUT2D eigenvalue weighted by atomic mass is 19.3. The fourth-order valence-corrected chi connectivity index (χ4v) is 1.64. The second-order valence-corrected chi connectivity index (χ2v) is 3.95. The van der Waals surface area contributed by atoms with E-state index >= 15 is 0 Å². The largest absolute Gasteiger partial charge is 0.276 e. The first kappa shape index (κ1) is 9.63. The fourth-order valence-electron chi connectivity index (χ4n) is 1.64. The molecule has 2 rings (SSSR count). The molecule has 0 nitrogen and oxygen atoms in total. The van der Waals surface area contributed by atoms with E-state index in [0.717, 1.165) is 12.0 Å². The van der Waals surface area contributed by atoms with E-state index in [1.165, 1.54) is 0 Å². The number of hydrogen-bond acceptors (Lipinski definition) is 0. The van der Waals surface area contributed by atoms with Crippen molar-refractivity contribution in [1.29, 1.82) is 0 Å². The van der Waals surface area contributed by atoms with E-state index in [0.29, 0.717) is 12.8 Å². The summed E-state index contributed by atoms with van der Waals surface area (Å²) in [6, 6.07) is 6.73. The fraction of sp³-hybridized carbons (Fsp3) is 0.500. The van der Waals surface area contributed by atoms with Gasteiger partial charge in [0.1, 0.15) is 0 Å². The van der Waals surface area contributed by atoms with Crippen LogP contribution in [0.3, 0.4) is 0 Å². The molecule has 0 atom stereocenters. The van der Waals surface area contributed by atoms with Crippen molar-refractivity contribution in [2.75, 3.05) is 0 Å². The standard InChI is InChI=1S/C12H14F2/c1-2-9-3-5-10(6-4-9)12(13,14)11-7-8-11/h3-6,11H,2,7-8H2,1H3. The Hall–Kier alpha value is -0.920. The quantitative estimate of drug-likeness (QED) is 0.690. The normalized spacial score (nSPS) is 17.1. The lowest BCUT2D eigenvalue weighted by Crippen LogP contribution is -2.15. The van der Waals surface area contributed by atoms with Gasteiger partial charge in [-0.3, -0.25) is 0 Å². The molecule has 0 radical (unpaired) electrons. The maximum absolute atomic E-state index is 13.6. The Bertz CT molecular complexity index is 310. The van der Waals surface area contributed by atoms with Gasteiger partial charge in [0.15, 0.2) is 0 Å². The van der Waals surface area contributed by atoms with Gasteiger partial charge < -0.3 is 0 Å². The van der Waals surface area contributed by atoms with E-state index < -0.39 is 11.8 Å². The number of aryl methyl sites for hydroxylation is 1. The molecule has 0 heterocycles. The van der Waals surface area contributed by atoms with Crippen molar-refractivity contribution in [2.45, 2.75) is 32.1 Å². The minimum atomic E-state index is -2.60. The second kappa shape index (κ2) is 3.34. The SMILES string of the molecule is CCc1ccc(C(F)(F)C2CC2)cc1. The Morgan fingerprint density at radius 3 is 2.21 bits per heavy atom. The molecule has 0 N–H and O–H groups in total. The second-order valence-electron chi connectivity index (χ2n) is 3.95. The predicted octanol–water partition coefficient (Wildman–Crippen LogP) is 3.75. The lowest BCUT2D eigenvalue weighted by atomic mass is 10.0. The third-order valence-electron chi connectivity index (χ3n) is 2.84. The molecule has 0 unspecified atom stereocenters. The zero-order valence-electron chi connectivity index (χ0n) is 8.26. The average molecular weight is 196 g/mol. The summed E-state index contributed by atoms with van der Waals surface area (Å²) in [5.74, 6) is -3.01. The molecule has 14 heavy (non-hydrogen) atoms. The maximum atomic E-state index is 13.6. The highest BCUT2D eigenvalue weighted by Crippen LogP contribution is 2.49. The van der Waals surface area contributed by atoms with Crippen LogP contribution < -0.4 is 0 Å². The molecule has 1 saturated carbocycles. The summed E-state index contributed by atoms with van der Waals surface area (Å²) in [6.45, 7) is 2.02. The topological polar surface area (TPSA) is 0 Å². The molecule has 1 aliphatic rings. The van der Waals surface area contributed by atoms with Crippen LogP contribution in [0, 0.1) is 5.92 Å². The van der Waals surface area contributed by atoms with Crippen molar-refractivity contribution in [3.63, 3.8) is 0 Å². The van der Waals surface area contributed by atoms with Crippen molar-refractivity contribution >= 4 is 0 Å². The van der Waals surface area contributed by atoms with Crippen LogP contribution in [0.4, 0.5) is 8.78 Å². The van der Waals surface area contributed by atoms with E-state index in [1.807, 2.05) is 6.92 Å². The molecule has 0 saturated heterocycles. The van der Waals surface area contributed by atoms with Crippen LogP contribution in [0.15, 0.2) is 24.3 Å². The first-order valence-corrected chi connectivity index (χ1v) is 5.12.